The van der Waals surface area contributed by atoms with Gasteiger partial charge < -0.3 is 9.84 Å². The molecule has 0 aromatic heterocycles. The van der Waals surface area contributed by atoms with Gasteiger partial charge >= 0.3 is 0 Å². The van der Waals surface area contributed by atoms with E-state index in [1.54, 1.807) is 0 Å². The molecule has 1 aliphatic carbocycles. The van der Waals surface area contributed by atoms with E-state index in [-0.39, 0.29) is 11.0 Å². The quantitative estimate of drug-likeness (QED) is 0.821. The second-order valence-electron chi connectivity index (χ2n) is 6.72. The van der Waals surface area contributed by atoms with E-state index in [0.717, 1.165) is 19.6 Å². The smallest absolute Gasteiger partial charge is 0.0757 e. The van der Waals surface area contributed by atoms with E-state index in [0.29, 0.717) is 12.7 Å². The second kappa shape index (κ2) is 4.87. The molecule has 100 valence electrons. The van der Waals surface area contributed by atoms with Crippen LogP contribution in [0.1, 0.15) is 46.5 Å². The minimum absolute atomic E-state index is 0.0487. The summed E-state index contributed by atoms with van der Waals surface area (Å²) in [7, 11) is 0. The van der Waals surface area contributed by atoms with Crippen molar-refractivity contribution in [3.63, 3.8) is 0 Å². The molecule has 0 aromatic carbocycles. The van der Waals surface area contributed by atoms with Gasteiger partial charge in [0.2, 0.25) is 0 Å². The largest absolute Gasteiger partial charge is 0.396 e. The van der Waals surface area contributed by atoms with Gasteiger partial charge in [0.15, 0.2) is 0 Å². The second-order valence-corrected chi connectivity index (χ2v) is 6.72. The summed E-state index contributed by atoms with van der Waals surface area (Å²) >= 11 is 0. The highest BCUT2D eigenvalue weighted by molar-refractivity contribution is 4.91. The summed E-state index contributed by atoms with van der Waals surface area (Å²) in [4.78, 5) is 2.50. The molecule has 2 fully saturated rings. The molecule has 0 spiro atoms. The van der Waals surface area contributed by atoms with Gasteiger partial charge in [0, 0.05) is 31.7 Å². The minimum Gasteiger partial charge on any atom is -0.396 e. The lowest BCUT2D eigenvalue weighted by atomic mass is 9.86. The van der Waals surface area contributed by atoms with Crippen LogP contribution < -0.4 is 0 Å². The van der Waals surface area contributed by atoms with Crippen molar-refractivity contribution in [3.05, 3.63) is 0 Å². The summed E-state index contributed by atoms with van der Waals surface area (Å²) in [6.45, 7) is 9.85. The predicted molar refractivity (Wildman–Crippen MR) is 69.1 cm³/mol. The first kappa shape index (κ1) is 13.3. The molecule has 2 rings (SSSR count). The van der Waals surface area contributed by atoms with Crippen LogP contribution in [0, 0.1) is 5.41 Å². The standard InChI is InChI=1S/C14H27NO2/c1-12-8-15(9-13(2,3)17-12)10-14(11-16)6-4-5-7-14/h12,16H,4-11H2,1-3H3. The molecule has 0 radical (unpaired) electrons. The molecule has 0 bridgehead atoms. The van der Waals surface area contributed by atoms with Crippen LogP contribution in [0.2, 0.25) is 0 Å². The fraction of sp³-hybridized carbons (Fsp3) is 1.00. The van der Waals surface area contributed by atoms with Crippen LogP contribution in [-0.2, 0) is 4.74 Å². The van der Waals surface area contributed by atoms with Gasteiger partial charge in [0.1, 0.15) is 0 Å². The minimum atomic E-state index is -0.0487. The summed E-state index contributed by atoms with van der Waals surface area (Å²) in [5, 5.41) is 9.69. The summed E-state index contributed by atoms with van der Waals surface area (Å²) in [6, 6.07) is 0. The molecule has 1 saturated heterocycles. The molecule has 1 heterocycles. The van der Waals surface area contributed by atoms with E-state index in [2.05, 4.69) is 25.7 Å². The maximum absolute atomic E-state index is 9.69. The van der Waals surface area contributed by atoms with Crippen LogP contribution >= 0.6 is 0 Å². The molecule has 2 aliphatic rings. The summed E-state index contributed by atoms with van der Waals surface area (Å²) in [5.74, 6) is 0. The Morgan fingerprint density at radius 1 is 1.29 bits per heavy atom. The first-order chi connectivity index (χ1) is 7.95. The number of hydrogen-bond acceptors (Lipinski definition) is 3. The molecule has 3 nitrogen and oxygen atoms in total. The zero-order chi connectivity index (χ0) is 12.5. The molecular weight excluding hydrogens is 214 g/mol. The van der Waals surface area contributed by atoms with Gasteiger partial charge in [-0.2, -0.15) is 0 Å². The SMILES string of the molecule is CC1CN(CC2(CO)CCCC2)CC(C)(C)O1. The van der Waals surface area contributed by atoms with Crippen LogP contribution in [0.3, 0.4) is 0 Å². The molecule has 1 atom stereocenters. The number of aliphatic hydroxyl groups excluding tert-OH is 1. The maximum atomic E-state index is 9.69. The van der Waals surface area contributed by atoms with Crippen molar-refractivity contribution in [2.75, 3.05) is 26.2 Å². The zero-order valence-electron chi connectivity index (χ0n) is 11.5. The maximum Gasteiger partial charge on any atom is 0.0757 e. The first-order valence-electron chi connectivity index (χ1n) is 6.96. The first-order valence-corrected chi connectivity index (χ1v) is 6.96. The van der Waals surface area contributed by atoms with E-state index < -0.39 is 0 Å². The fourth-order valence-corrected chi connectivity index (χ4v) is 3.67. The average Bonchev–Trinajstić information content (AvgIpc) is 2.63. The van der Waals surface area contributed by atoms with Crippen molar-refractivity contribution in [2.45, 2.75) is 58.2 Å². The number of hydrogen-bond donors (Lipinski definition) is 1. The van der Waals surface area contributed by atoms with Crippen LogP contribution in [0.15, 0.2) is 0 Å². The highest BCUT2D eigenvalue weighted by atomic mass is 16.5. The number of morpholine rings is 1. The Hall–Kier alpha value is -0.120. The Morgan fingerprint density at radius 2 is 1.94 bits per heavy atom. The van der Waals surface area contributed by atoms with Crippen LogP contribution in [-0.4, -0.2) is 48.0 Å². The van der Waals surface area contributed by atoms with Crippen molar-refractivity contribution in [1.82, 2.24) is 4.90 Å². The topological polar surface area (TPSA) is 32.7 Å². The molecule has 3 heteroatoms. The Kier molecular flexibility index (Phi) is 3.81. The lowest BCUT2D eigenvalue weighted by Gasteiger charge is -2.44. The van der Waals surface area contributed by atoms with Crippen LogP contribution in [0.4, 0.5) is 0 Å². The Morgan fingerprint density at radius 3 is 2.47 bits per heavy atom. The van der Waals surface area contributed by atoms with E-state index in [1.807, 2.05) is 0 Å². The van der Waals surface area contributed by atoms with Gasteiger partial charge in [0.05, 0.1) is 11.7 Å². The summed E-state index contributed by atoms with van der Waals surface area (Å²) < 4.78 is 5.93. The van der Waals surface area contributed by atoms with Crippen molar-refractivity contribution in [1.29, 1.82) is 0 Å². The third-order valence-corrected chi connectivity index (χ3v) is 4.20. The van der Waals surface area contributed by atoms with Gasteiger partial charge in [0.25, 0.3) is 0 Å². The molecular formula is C14H27NO2. The molecule has 0 aromatic rings. The molecule has 0 amide bonds. The van der Waals surface area contributed by atoms with Gasteiger partial charge in [-0.05, 0) is 33.6 Å². The van der Waals surface area contributed by atoms with Crippen molar-refractivity contribution >= 4 is 0 Å². The van der Waals surface area contributed by atoms with E-state index in [4.69, 9.17) is 4.74 Å². The van der Waals surface area contributed by atoms with E-state index in [1.165, 1.54) is 25.7 Å². The van der Waals surface area contributed by atoms with Crippen LogP contribution in [0.25, 0.3) is 0 Å². The number of aliphatic hydroxyl groups is 1. The average molecular weight is 241 g/mol. The van der Waals surface area contributed by atoms with Gasteiger partial charge in [-0.1, -0.05) is 12.8 Å². The normalized spacial score (nSPS) is 32.8. The Labute approximate surface area is 105 Å². The fourth-order valence-electron chi connectivity index (χ4n) is 3.67. The van der Waals surface area contributed by atoms with E-state index >= 15 is 0 Å². The van der Waals surface area contributed by atoms with Crippen LogP contribution in [0.5, 0.6) is 0 Å². The lowest BCUT2D eigenvalue weighted by Crippen LogP contribution is -2.54. The van der Waals surface area contributed by atoms with Gasteiger partial charge in [-0.25, -0.2) is 0 Å². The molecule has 1 N–H and O–H groups in total. The molecule has 17 heavy (non-hydrogen) atoms. The highest BCUT2D eigenvalue weighted by Gasteiger charge is 2.39. The Bertz CT molecular complexity index is 259. The predicted octanol–water partition coefficient (Wildman–Crippen LogP) is 2.04. The zero-order valence-corrected chi connectivity index (χ0v) is 11.5. The van der Waals surface area contributed by atoms with Gasteiger partial charge in [-0.3, -0.25) is 4.90 Å². The van der Waals surface area contributed by atoms with Crippen molar-refractivity contribution in [3.8, 4) is 0 Å². The molecule has 1 saturated carbocycles. The number of ether oxygens (including phenoxy) is 1. The monoisotopic (exact) mass is 241 g/mol. The third-order valence-electron chi connectivity index (χ3n) is 4.20. The van der Waals surface area contributed by atoms with Crippen molar-refractivity contribution in [2.24, 2.45) is 5.41 Å². The van der Waals surface area contributed by atoms with Crippen molar-refractivity contribution < 1.29 is 9.84 Å². The number of nitrogens with zero attached hydrogens (tertiary/aromatic N) is 1. The lowest BCUT2D eigenvalue weighted by molar-refractivity contribution is -0.136. The molecule has 1 unspecified atom stereocenters. The Balaban J connectivity index is 1.97. The molecule has 1 aliphatic heterocycles. The van der Waals surface area contributed by atoms with E-state index in [9.17, 15) is 5.11 Å². The summed E-state index contributed by atoms with van der Waals surface area (Å²) in [5.41, 5.74) is 0.125. The highest BCUT2D eigenvalue weighted by Crippen LogP contribution is 2.39. The third kappa shape index (κ3) is 3.21. The number of rotatable bonds is 3. The summed E-state index contributed by atoms with van der Waals surface area (Å²) in [6.07, 6.45) is 5.25. The van der Waals surface area contributed by atoms with Gasteiger partial charge in [-0.15, -0.1) is 0 Å².